The van der Waals surface area contributed by atoms with Crippen molar-refractivity contribution in [1.82, 2.24) is 19.6 Å². The average Bonchev–Trinajstić information content (AvgIpc) is 2.76. The van der Waals surface area contributed by atoms with Crippen LogP contribution in [0.4, 0.5) is 5.82 Å². The number of fused-ring (bicyclic) bond motifs is 1. The number of carbonyl (C=O) groups is 1. The highest BCUT2D eigenvalue weighted by Gasteiger charge is 2.06. The number of hydrogen-bond donors (Lipinski definition) is 1. The minimum Gasteiger partial charge on any atom is -0.469 e. The number of anilines is 1. The molecule has 0 aliphatic carbocycles. The van der Waals surface area contributed by atoms with Crippen LogP contribution < -0.4 is 5.32 Å². The van der Waals surface area contributed by atoms with Gasteiger partial charge in [-0.1, -0.05) is 0 Å². The fourth-order valence-corrected chi connectivity index (χ4v) is 1.45. The van der Waals surface area contributed by atoms with E-state index in [0.717, 1.165) is 11.5 Å². The quantitative estimate of drug-likeness (QED) is 0.773. The van der Waals surface area contributed by atoms with Crippen LogP contribution in [0.3, 0.4) is 0 Å². The first kappa shape index (κ1) is 11.3. The molecule has 0 amide bonds. The Kier molecular flexibility index (Phi) is 3.17. The van der Waals surface area contributed by atoms with Gasteiger partial charge in [-0.05, 0) is 6.92 Å². The minimum atomic E-state index is -0.252. The summed E-state index contributed by atoms with van der Waals surface area (Å²) in [5, 5.41) is 7.14. The van der Waals surface area contributed by atoms with Crippen molar-refractivity contribution in [1.29, 1.82) is 0 Å². The third-order valence-electron chi connectivity index (χ3n) is 2.24. The van der Waals surface area contributed by atoms with Crippen molar-refractivity contribution in [2.24, 2.45) is 0 Å². The van der Waals surface area contributed by atoms with Crippen LogP contribution in [0.5, 0.6) is 0 Å². The van der Waals surface area contributed by atoms with Crippen molar-refractivity contribution in [3.63, 3.8) is 0 Å². The molecule has 1 N–H and O–H groups in total. The van der Waals surface area contributed by atoms with Crippen LogP contribution in [0, 0.1) is 6.92 Å². The predicted molar refractivity (Wildman–Crippen MR) is 60.6 cm³/mol. The van der Waals surface area contributed by atoms with Crippen molar-refractivity contribution in [2.75, 3.05) is 19.0 Å². The van der Waals surface area contributed by atoms with E-state index in [1.165, 1.54) is 13.4 Å². The first-order chi connectivity index (χ1) is 8.20. The molecule has 17 heavy (non-hydrogen) atoms. The van der Waals surface area contributed by atoms with Crippen LogP contribution in [-0.4, -0.2) is 39.2 Å². The van der Waals surface area contributed by atoms with Gasteiger partial charge in [-0.3, -0.25) is 4.79 Å². The topological polar surface area (TPSA) is 81.4 Å². The second kappa shape index (κ2) is 4.77. The first-order valence-corrected chi connectivity index (χ1v) is 5.19. The molecule has 0 atom stereocenters. The Hall–Kier alpha value is -2.18. The standard InChI is InChI=1S/C10H13N5O2/c1-7-5-8(11-4-3-9(16)17-2)15-10(14-7)12-6-13-15/h5-6,11H,3-4H2,1-2H3. The van der Waals surface area contributed by atoms with Crippen LogP contribution in [0.1, 0.15) is 12.1 Å². The highest BCUT2D eigenvalue weighted by molar-refractivity contribution is 5.69. The van der Waals surface area contributed by atoms with Crippen LogP contribution in [0.2, 0.25) is 0 Å². The Morgan fingerprint density at radius 1 is 1.59 bits per heavy atom. The minimum absolute atomic E-state index is 0.252. The van der Waals surface area contributed by atoms with Gasteiger partial charge in [0.2, 0.25) is 0 Å². The molecule has 0 aromatic carbocycles. The fourth-order valence-electron chi connectivity index (χ4n) is 1.45. The highest BCUT2D eigenvalue weighted by Crippen LogP contribution is 2.09. The number of methoxy groups -OCH3 is 1. The molecule has 0 saturated heterocycles. The zero-order valence-electron chi connectivity index (χ0n) is 9.67. The van der Waals surface area contributed by atoms with Gasteiger partial charge < -0.3 is 10.1 Å². The van der Waals surface area contributed by atoms with E-state index in [4.69, 9.17) is 0 Å². The summed E-state index contributed by atoms with van der Waals surface area (Å²) < 4.78 is 6.15. The summed E-state index contributed by atoms with van der Waals surface area (Å²) in [6.45, 7) is 2.35. The molecule has 0 spiro atoms. The summed E-state index contributed by atoms with van der Waals surface area (Å²) in [7, 11) is 1.37. The van der Waals surface area contributed by atoms with E-state index in [-0.39, 0.29) is 5.97 Å². The lowest BCUT2D eigenvalue weighted by atomic mass is 10.4. The van der Waals surface area contributed by atoms with Gasteiger partial charge in [-0.2, -0.15) is 14.6 Å². The summed E-state index contributed by atoms with van der Waals surface area (Å²) in [6, 6.07) is 1.85. The summed E-state index contributed by atoms with van der Waals surface area (Å²) in [4.78, 5) is 19.2. The monoisotopic (exact) mass is 235 g/mol. The number of carbonyl (C=O) groups excluding carboxylic acids is 1. The van der Waals surface area contributed by atoms with E-state index in [9.17, 15) is 4.79 Å². The van der Waals surface area contributed by atoms with Crippen molar-refractivity contribution in [3.05, 3.63) is 18.1 Å². The molecule has 90 valence electrons. The van der Waals surface area contributed by atoms with E-state index in [2.05, 4.69) is 25.1 Å². The van der Waals surface area contributed by atoms with E-state index in [0.29, 0.717) is 18.7 Å². The van der Waals surface area contributed by atoms with E-state index >= 15 is 0 Å². The molecule has 2 rings (SSSR count). The predicted octanol–water partition coefficient (Wildman–Crippen LogP) is 0.408. The van der Waals surface area contributed by atoms with E-state index in [1.807, 2.05) is 13.0 Å². The molecule has 0 radical (unpaired) electrons. The molecular formula is C10H13N5O2. The van der Waals surface area contributed by atoms with E-state index in [1.54, 1.807) is 4.52 Å². The van der Waals surface area contributed by atoms with Gasteiger partial charge in [0, 0.05) is 18.3 Å². The number of nitrogens with one attached hydrogen (secondary N) is 1. The maximum absolute atomic E-state index is 11.0. The van der Waals surface area contributed by atoms with Crippen molar-refractivity contribution >= 4 is 17.6 Å². The molecule has 2 heterocycles. The molecule has 0 bridgehead atoms. The Labute approximate surface area is 97.8 Å². The third kappa shape index (κ3) is 2.49. The number of hydrogen-bond acceptors (Lipinski definition) is 6. The zero-order valence-corrected chi connectivity index (χ0v) is 9.67. The smallest absolute Gasteiger partial charge is 0.307 e. The van der Waals surface area contributed by atoms with Crippen LogP contribution in [0.25, 0.3) is 5.78 Å². The Morgan fingerprint density at radius 2 is 2.41 bits per heavy atom. The lowest BCUT2D eigenvalue weighted by Crippen LogP contribution is -2.12. The second-order valence-corrected chi connectivity index (χ2v) is 3.51. The maximum atomic E-state index is 11.0. The Balaban J connectivity index is 2.12. The molecular weight excluding hydrogens is 222 g/mol. The molecule has 7 heteroatoms. The van der Waals surface area contributed by atoms with E-state index < -0.39 is 0 Å². The number of aryl methyl sites for hydroxylation is 1. The molecule has 0 aliphatic rings. The number of ether oxygens (including phenoxy) is 1. The second-order valence-electron chi connectivity index (χ2n) is 3.51. The van der Waals surface area contributed by atoms with Gasteiger partial charge in [0.05, 0.1) is 13.5 Å². The summed E-state index contributed by atoms with van der Waals surface area (Å²) in [5.41, 5.74) is 0.839. The Bertz CT molecular complexity index is 536. The van der Waals surface area contributed by atoms with Crippen molar-refractivity contribution < 1.29 is 9.53 Å². The van der Waals surface area contributed by atoms with Crippen molar-refractivity contribution in [3.8, 4) is 0 Å². The molecule has 0 saturated carbocycles. The summed E-state index contributed by atoms with van der Waals surface area (Å²) >= 11 is 0. The van der Waals surface area contributed by atoms with Crippen LogP contribution >= 0.6 is 0 Å². The lowest BCUT2D eigenvalue weighted by molar-refractivity contribution is -0.140. The highest BCUT2D eigenvalue weighted by atomic mass is 16.5. The average molecular weight is 235 g/mol. The molecule has 0 fully saturated rings. The first-order valence-electron chi connectivity index (χ1n) is 5.19. The van der Waals surface area contributed by atoms with Gasteiger partial charge in [0.15, 0.2) is 0 Å². The molecule has 2 aromatic heterocycles. The molecule has 0 aliphatic heterocycles. The molecule has 2 aromatic rings. The summed E-state index contributed by atoms with van der Waals surface area (Å²) in [6.07, 6.45) is 1.74. The normalized spacial score (nSPS) is 10.5. The number of esters is 1. The molecule has 0 unspecified atom stereocenters. The SMILES string of the molecule is COC(=O)CCNc1cc(C)nc2ncnn12. The third-order valence-corrected chi connectivity index (χ3v) is 2.24. The Morgan fingerprint density at radius 3 is 3.18 bits per heavy atom. The van der Waals surface area contributed by atoms with Gasteiger partial charge in [0.1, 0.15) is 12.1 Å². The van der Waals surface area contributed by atoms with Crippen LogP contribution in [0.15, 0.2) is 12.4 Å². The molecule has 7 nitrogen and oxygen atoms in total. The maximum Gasteiger partial charge on any atom is 0.307 e. The zero-order chi connectivity index (χ0) is 12.3. The largest absolute Gasteiger partial charge is 0.469 e. The summed E-state index contributed by atoms with van der Waals surface area (Å²) in [5.74, 6) is 1.04. The lowest BCUT2D eigenvalue weighted by Gasteiger charge is -2.07. The number of rotatable bonds is 4. The van der Waals surface area contributed by atoms with Gasteiger partial charge >= 0.3 is 5.97 Å². The van der Waals surface area contributed by atoms with Gasteiger partial charge in [0.25, 0.3) is 5.78 Å². The van der Waals surface area contributed by atoms with Crippen LogP contribution in [-0.2, 0) is 9.53 Å². The number of aromatic nitrogens is 4. The fraction of sp³-hybridized carbons (Fsp3) is 0.400. The van der Waals surface area contributed by atoms with Gasteiger partial charge in [-0.15, -0.1) is 0 Å². The number of nitrogens with zero attached hydrogens (tertiary/aromatic N) is 4. The van der Waals surface area contributed by atoms with Gasteiger partial charge in [-0.25, -0.2) is 4.98 Å². The van der Waals surface area contributed by atoms with Crippen molar-refractivity contribution in [2.45, 2.75) is 13.3 Å².